The van der Waals surface area contributed by atoms with Crippen LogP contribution in [-0.2, 0) is 14.3 Å². The van der Waals surface area contributed by atoms with Gasteiger partial charge in [0.25, 0.3) is 0 Å². The van der Waals surface area contributed by atoms with Gasteiger partial charge in [-0.25, -0.2) is 4.79 Å². The van der Waals surface area contributed by atoms with Crippen LogP contribution in [0.3, 0.4) is 0 Å². The van der Waals surface area contributed by atoms with Crippen molar-refractivity contribution in [2.24, 2.45) is 5.92 Å². The molecule has 0 bridgehead atoms. The predicted octanol–water partition coefficient (Wildman–Crippen LogP) is 4.69. The Bertz CT molecular complexity index is 865. The average molecular weight is 490 g/mol. The van der Waals surface area contributed by atoms with Gasteiger partial charge in [-0.3, -0.25) is 9.59 Å². The van der Waals surface area contributed by atoms with Gasteiger partial charge in [0, 0.05) is 18.2 Å². The van der Waals surface area contributed by atoms with Crippen LogP contribution in [0.15, 0.2) is 36.9 Å². The van der Waals surface area contributed by atoms with Crippen LogP contribution in [0.25, 0.3) is 0 Å². The SMILES string of the molecule is C=CCN(C(=O)C(NC(=O)OC(C)(C)C)C(C)CC)C(C(=O)NC(C)CCC)c1ccccc1O. The Labute approximate surface area is 210 Å². The molecule has 35 heavy (non-hydrogen) atoms. The first-order chi connectivity index (χ1) is 16.4. The number of benzene rings is 1. The van der Waals surface area contributed by atoms with Crippen molar-refractivity contribution in [3.63, 3.8) is 0 Å². The number of hydrogen-bond donors (Lipinski definition) is 3. The van der Waals surface area contributed by atoms with E-state index >= 15 is 0 Å². The van der Waals surface area contributed by atoms with Gasteiger partial charge < -0.3 is 25.4 Å². The second kappa shape index (κ2) is 13.8. The normalized spacial score (nSPS) is 14.7. The number of para-hydroxylation sites is 1. The molecule has 0 saturated carbocycles. The second-order valence-electron chi connectivity index (χ2n) is 9.95. The van der Waals surface area contributed by atoms with E-state index in [0.29, 0.717) is 12.0 Å². The first-order valence-electron chi connectivity index (χ1n) is 12.3. The fraction of sp³-hybridized carbons (Fsp3) is 0.593. The molecule has 4 unspecified atom stereocenters. The molecule has 8 heteroatoms. The molecule has 3 amide bonds. The van der Waals surface area contributed by atoms with Crippen LogP contribution in [0.4, 0.5) is 4.79 Å². The van der Waals surface area contributed by atoms with Crippen molar-refractivity contribution in [1.29, 1.82) is 0 Å². The topological polar surface area (TPSA) is 108 Å². The second-order valence-corrected chi connectivity index (χ2v) is 9.95. The minimum atomic E-state index is -1.12. The Kier molecular flexibility index (Phi) is 11.8. The predicted molar refractivity (Wildman–Crippen MR) is 138 cm³/mol. The third-order valence-electron chi connectivity index (χ3n) is 5.66. The van der Waals surface area contributed by atoms with Crippen LogP contribution < -0.4 is 10.6 Å². The number of rotatable bonds is 12. The molecule has 0 aromatic heterocycles. The highest BCUT2D eigenvalue weighted by Crippen LogP contribution is 2.30. The fourth-order valence-electron chi connectivity index (χ4n) is 3.75. The van der Waals surface area contributed by atoms with E-state index in [2.05, 4.69) is 17.2 Å². The summed E-state index contributed by atoms with van der Waals surface area (Å²) in [5, 5.41) is 16.3. The molecule has 4 atom stereocenters. The van der Waals surface area contributed by atoms with E-state index in [1.807, 2.05) is 27.7 Å². The Balaban J connectivity index is 3.48. The molecule has 0 radical (unpaired) electrons. The summed E-state index contributed by atoms with van der Waals surface area (Å²) in [6.45, 7) is 16.7. The summed E-state index contributed by atoms with van der Waals surface area (Å²) in [5.74, 6) is -1.22. The van der Waals surface area contributed by atoms with Crippen molar-refractivity contribution in [3.05, 3.63) is 42.5 Å². The van der Waals surface area contributed by atoms with Crippen molar-refractivity contribution in [2.75, 3.05) is 6.54 Å². The van der Waals surface area contributed by atoms with Crippen LogP contribution in [0, 0.1) is 5.92 Å². The van der Waals surface area contributed by atoms with E-state index in [-0.39, 0.29) is 24.3 Å². The van der Waals surface area contributed by atoms with Gasteiger partial charge in [0.1, 0.15) is 23.4 Å². The molecule has 1 aromatic rings. The molecule has 1 aromatic carbocycles. The molecule has 1 rings (SSSR count). The smallest absolute Gasteiger partial charge is 0.408 e. The third kappa shape index (κ3) is 9.26. The van der Waals surface area contributed by atoms with Gasteiger partial charge in [-0.15, -0.1) is 6.58 Å². The molecule has 0 aliphatic rings. The highest BCUT2D eigenvalue weighted by atomic mass is 16.6. The fourth-order valence-corrected chi connectivity index (χ4v) is 3.75. The summed E-state index contributed by atoms with van der Waals surface area (Å²) in [4.78, 5) is 41.4. The number of carbonyl (C=O) groups excluding carboxylic acids is 3. The van der Waals surface area contributed by atoms with Crippen LogP contribution in [0.1, 0.15) is 79.3 Å². The van der Waals surface area contributed by atoms with E-state index in [9.17, 15) is 19.5 Å². The minimum absolute atomic E-state index is 0.0380. The summed E-state index contributed by atoms with van der Waals surface area (Å²) in [6, 6.07) is 4.27. The number of ether oxygens (including phenoxy) is 1. The molecule has 8 nitrogen and oxygen atoms in total. The number of alkyl carbamates (subject to hydrolysis) is 1. The number of phenolic OH excluding ortho intramolecular Hbond substituents is 1. The van der Waals surface area contributed by atoms with Crippen LogP contribution >= 0.6 is 0 Å². The zero-order valence-corrected chi connectivity index (χ0v) is 22.3. The number of nitrogens with zero attached hydrogens (tertiary/aromatic N) is 1. The number of aromatic hydroxyl groups is 1. The van der Waals surface area contributed by atoms with E-state index in [1.54, 1.807) is 39.0 Å². The molecule has 3 N–H and O–H groups in total. The minimum Gasteiger partial charge on any atom is -0.508 e. The van der Waals surface area contributed by atoms with Crippen molar-refractivity contribution >= 4 is 17.9 Å². The molecule has 0 heterocycles. The highest BCUT2D eigenvalue weighted by molar-refractivity contribution is 5.92. The molecule has 0 aliphatic carbocycles. The first-order valence-corrected chi connectivity index (χ1v) is 12.3. The standard InChI is InChI=1S/C27H43N3O5/c1-9-14-19(5)28-24(32)23(20-15-12-13-16-21(20)31)30(17-10-2)25(33)22(18(4)11-3)29-26(34)35-27(6,7)8/h10,12-13,15-16,18-19,22-23,31H,2,9,11,14,17H2,1,3-8H3,(H,28,32)(H,29,34). The lowest BCUT2D eigenvalue weighted by Gasteiger charge is -2.36. The lowest BCUT2D eigenvalue weighted by Crippen LogP contribution is -2.55. The molecule has 0 saturated heterocycles. The Morgan fingerprint density at radius 2 is 1.77 bits per heavy atom. The molecule has 0 fully saturated rings. The largest absolute Gasteiger partial charge is 0.508 e. The molecule has 0 spiro atoms. The number of hydrogen-bond acceptors (Lipinski definition) is 5. The maximum Gasteiger partial charge on any atom is 0.408 e. The maximum absolute atomic E-state index is 13.9. The number of phenols is 1. The Morgan fingerprint density at radius 3 is 2.29 bits per heavy atom. The zero-order valence-electron chi connectivity index (χ0n) is 22.3. The summed E-state index contributed by atoms with van der Waals surface area (Å²) in [6.07, 6.45) is 3.07. The highest BCUT2D eigenvalue weighted by Gasteiger charge is 2.38. The number of amides is 3. The third-order valence-corrected chi connectivity index (χ3v) is 5.66. The summed E-state index contributed by atoms with van der Waals surface area (Å²) in [7, 11) is 0. The molecular weight excluding hydrogens is 446 g/mol. The molecule has 196 valence electrons. The zero-order chi connectivity index (χ0) is 26.8. The van der Waals surface area contributed by atoms with Gasteiger partial charge in [0.2, 0.25) is 11.8 Å². The van der Waals surface area contributed by atoms with Gasteiger partial charge in [-0.1, -0.05) is 57.9 Å². The lowest BCUT2D eigenvalue weighted by molar-refractivity contribution is -0.143. The van der Waals surface area contributed by atoms with Gasteiger partial charge >= 0.3 is 6.09 Å². The Morgan fingerprint density at radius 1 is 1.14 bits per heavy atom. The van der Waals surface area contributed by atoms with Crippen molar-refractivity contribution in [3.8, 4) is 5.75 Å². The van der Waals surface area contributed by atoms with Gasteiger partial charge in [0.15, 0.2) is 0 Å². The summed E-state index contributed by atoms with van der Waals surface area (Å²) in [5.41, 5.74) is -0.439. The average Bonchev–Trinajstić information content (AvgIpc) is 2.76. The maximum atomic E-state index is 13.9. The molecule has 0 aliphatic heterocycles. The van der Waals surface area contributed by atoms with Crippen LogP contribution in [-0.4, -0.2) is 52.1 Å². The van der Waals surface area contributed by atoms with E-state index in [0.717, 1.165) is 12.8 Å². The van der Waals surface area contributed by atoms with Crippen molar-refractivity contribution in [2.45, 2.75) is 91.5 Å². The van der Waals surface area contributed by atoms with Gasteiger partial charge in [0.05, 0.1) is 0 Å². The van der Waals surface area contributed by atoms with E-state index in [1.165, 1.54) is 17.0 Å². The van der Waals surface area contributed by atoms with Crippen LogP contribution in [0.5, 0.6) is 5.75 Å². The monoisotopic (exact) mass is 489 g/mol. The van der Waals surface area contributed by atoms with Gasteiger partial charge in [-0.05, 0) is 46.1 Å². The Hall–Kier alpha value is -3.03. The molecular formula is C27H43N3O5. The van der Waals surface area contributed by atoms with Crippen LogP contribution in [0.2, 0.25) is 0 Å². The van der Waals surface area contributed by atoms with E-state index < -0.39 is 35.6 Å². The number of nitrogens with one attached hydrogen (secondary N) is 2. The van der Waals surface area contributed by atoms with E-state index in [4.69, 9.17) is 4.74 Å². The van der Waals surface area contributed by atoms with Crippen molar-refractivity contribution < 1.29 is 24.2 Å². The first kappa shape index (κ1) is 30.0. The quantitative estimate of drug-likeness (QED) is 0.369. The summed E-state index contributed by atoms with van der Waals surface area (Å²) >= 11 is 0. The lowest BCUT2D eigenvalue weighted by atomic mass is 9.95. The number of carbonyl (C=O) groups is 3. The summed E-state index contributed by atoms with van der Waals surface area (Å²) < 4.78 is 5.38. The van der Waals surface area contributed by atoms with Gasteiger partial charge in [-0.2, -0.15) is 0 Å². The van der Waals surface area contributed by atoms with Crippen molar-refractivity contribution in [1.82, 2.24) is 15.5 Å².